The summed E-state index contributed by atoms with van der Waals surface area (Å²) in [6, 6.07) is 23.6. The molecule has 0 spiro atoms. The van der Waals surface area contributed by atoms with Crippen LogP contribution in [0, 0.1) is 23.6 Å². The zero-order chi connectivity index (χ0) is 38.3. The number of benzene rings is 4. The SMILES string of the molecule is CN(C)c1ccc(N=Nc2ccc(N3C(=O)C4CC=C5C(CC6(Cl)C(=O)N(c7ccc(F)cc7)C(=O)C6(Cl)C5c5cc(Br)ccc5O)C4C3=O)cc2)cc1. The number of halogens is 4. The summed E-state index contributed by atoms with van der Waals surface area (Å²) in [5.41, 5.74) is 3.34. The van der Waals surface area contributed by atoms with Crippen molar-refractivity contribution in [3.63, 3.8) is 0 Å². The zero-order valence-electron chi connectivity index (χ0n) is 28.8. The minimum atomic E-state index is -2.17. The maximum absolute atomic E-state index is 14.5. The minimum Gasteiger partial charge on any atom is -0.508 e. The number of nitrogens with zero attached hydrogens (tertiary/aromatic N) is 5. The molecule has 2 aliphatic carbocycles. The zero-order valence-corrected chi connectivity index (χ0v) is 31.9. The summed E-state index contributed by atoms with van der Waals surface area (Å²) >= 11 is 18.3. The fraction of sp³-hybridized carbons (Fsp3) is 0.250. The molecule has 2 saturated heterocycles. The van der Waals surface area contributed by atoms with Gasteiger partial charge in [0.1, 0.15) is 11.6 Å². The summed E-state index contributed by atoms with van der Waals surface area (Å²) in [6.07, 6.45) is 1.69. The predicted molar refractivity (Wildman–Crippen MR) is 206 cm³/mol. The number of allylic oxidation sites excluding steroid dienone is 2. The van der Waals surface area contributed by atoms with Gasteiger partial charge in [0, 0.05) is 35.7 Å². The van der Waals surface area contributed by atoms with Gasteiger partial charge in [0.2, 0.25) is 11.8 Å². The van der Waals surface area contributed by atoms with Crippen LogP contribution >= 0.6 is 39.1 Å². The van der Waals surface area contributed by atoms with Gasteiger partial charge in [-0.15, -0.1) is 23.2 Å². The maximum atomic E-state index is 14.5. The summed E-state index contributed by atoms with van der Waals surface area (Å²) in [6.45, 7) is 0. The first-order valence-corrected chi connectivity index (χ1v) is 18.7. The Kier molecular flexibility index (Phi) is 8.78. The van der Waals surface area contributed by atoms with Gasteiger partial charge in [0.05, 0.1) is 34.6 Å². The van der Waals surface area contributed by atoms with E-state index in [1.807, 2.05) is 43.3 Å². The summed E-state index contributed by atoms with van der Waals surface area (Å²) < 4.78 is 14.5. The van der Waals surface area contributed by atoms with E-state index in [4.69, 9.17) is 23.2 Å². The summed E-state index contributed by atoms with van der Waals surface area (Å²) in [4.78, 5) is 57.2. The number of fused-ring (bicyclic) bond motifs is 4. The second-order valence-corrected chi connectivity index (χ2v) is 16.3. The number of hydrogen-bond donors (Lipinski definition) is 1. The molecule has 4 aliphatic rings. The number of hydrogen-bond acceptors (Lipinski definition) is 8. The van der Waals surface area contributed by atoms with Crippen LogP contribution in [0.1, 0.15) is 24.3 Å². The van der Waals surface area contributed by atoms with E-state index in [1.165, 1.54) is 18.2 Å². The van der Waals surface area contributed by atoms with E-state index in [-0.39, 0.29) is 29.8 Å². The normalized spacial score (nSPS) is 27.6. The predicted octanol–water partition coefficient (Wildman–Crippen LogP) is 8.54. The van der Waals surface area contributed by atoms with E-state index >= 15 is 0 Å². The Morgan fingerprint density at radius 3 is 2.02 bits per heavy atom. The first-order chi connectivity index (χ1) is 25.7. The Balaban J connectivity index is 1.15. The highest BCUT2D eigenvalue weighted by Gasteiger charge is 2.77. The topological polar surface area (TPSA) is 123 Å². The number of carbonyl (C=O) groups excluding carboxylic acids is 4. The molecule has 274 valence electrons. The number of phenols is 1. The van der Waals surface area contributed by atoms with Gasteiger partial charge >= 0.3 is 0 Å². The molecule has 0 aromatic heterocycles. The molecule has 1 saturated carbocycles. The maximum Gasteiger partial charge on any atom is 0.258 e. The number of anilines is 3. The van der Waals surface area contributed by atoms with Crippen molar-refractivity contribution in [2.45, 2.75) is 28.5 Å². The molecular weight excluding hydrogens is 800 g/mol. The van der Waals surface area contributed by atoms with E-state index in [9.17, 15) is 28.7 Å². The van der Waals surface area contributed by atoms with Gasteiger partial charge in [-0.25, -0.2) is 9.29 Å². The molecule has 2 heterocycles. The quantitative estimate of drug-likeness (QED) is 0.0900. The van der Waals surface area contributed by atoms with Crippen LogP contribution in [0.5, 0.6) is 5.75 Å². The van der Waals surface area contributed by atoms with Crippen molar-refractivity contribution >= 4 is 91.2 Å². The van der Waals surface area contributed by atoms with E-state index in [2.05, 4.69) is 26.2 Å². The van der Waals surface area contributed by atoms with Crippen molar-refractivity contribution in [3.8, 4) is 5.75 Å². The molecule has 4 aromatic rings. The van der Waals surface area contributed by atoms with Crippen molar-refractivity contribution < 1.29 is 28.7 Å². The monoisotopic (exact) mass is 829 g/mol. The molecule has 0 radical (unpaired) electrons. The number of amides is 4. The number of phenolic OH excluding ortho intramolecular Hbond substituents is 1. The fourth-order valence-corrected chi connectivity index (χ4v) is 9.66. The Bertz CT molecular complexity index is 2300. The average molecular weight is 832 g/mol. The molecule has 1 N–H and O–H groups in total. The summed E-state index contributed by atoms with van der Waals surface area (Å²) in [5, 5.41) is 19.8. The lowest BCUT2D eigenvalue weighted by molar-refractivity contribution is -0.125. The number of azo groups is 1. The Hall–Kier alpha value is -4.91. The van der Waals surface area contributed by atoms with Crippen LogP contribution in [-0.2, 0) is 19.2 Å². The van der Waals surface area contributed by atoms with Crippen LogP contribution in [0.3, 0.4) is 0 Å². The lowest BCUT2D eigenvalue weighted by Gasteiger charge is -2.50. The van der Waals surface area contributed by atoms with Crippen LogP contribution < -0.4 is 14.7 Å². The van der Waals surface area contributed by atoms with Crippen LogP contribution in [0.15, 0.2) is 117 Å². The van der Waals surface area contributed by atoms with Gasteiger partial charge in [-0.3, -0.25) is 24.1 Å². The second-order valence-electron chi connectivity index (χ2n) is 14.1. The van der Waals surface area contributed by atoms with E-state index in [0.717, 1.165) is 27.6 Å². The lowest BCUT2D eigenvalue weighted by atomic mass is 9.56. The highest BCUT2D eigenvalue weighted by atomic mass is 79.9. The Labute approximate surface area is 328 Å². The van der Waals surface area contributed by atoms with Crippen molar-refractivity contribution in [2.24, 2.45) is 28.0 Å². The number of alkyl halides is 2. The molecule has 8 rings (SSSR count). The van der Waals surface area contributed by atoms with Gasteiger partial charge in [-0.2, -0.15) is 10.2 Å². The lowest BCUT2D eigenvalue weighted by Crippen LogP contribution is -2.60. The largest absolute Gasteiger partial charge is 0.508 e. The molecule has 6 atom stereocenters. The van der Waals surface area contributed by atoms with E-state index < -0.39 is 62.9 Å². The highest BCUT2D eigenvalue weighted by Crippen LogP contribution is 2.66. The number of carbonyl (C=O) groups is 4. The number of imide groups is 2. The van der Waals surface area contributed by atoms with E-state index in [1.54, 1.807) is 42.5 Å². The van der Waals surface area contributed by atoms with Crippen LogP contribution in [0.2, 0.25) is 0 Å². The molecular formula is C40H31BrCl2FN5O5. The first-order valence-electron chi connectivity index (χ1n) is 17.1. The third-order valence-corrected chi connectivity index (χ3v) is 12.9. The molecule has 4 aromatic carbocycles. The summed E-state index contributed by atoms with van der Waals surface area (Å²) in [5.74, 6) is -7.09. The van der Waals surface area contributed by atoms with E-state index in [0.29, 0.717) is 27.1 Å². The van der Waals surface area contributed by atoms with Gasteiger partial charge < -0.3 is 10.0 Å². The molecule has 3 fully saturated rings. The van der Waals surface area contributed by atoms with Gasteiger partial charge in [0.15, 0.2) is 9.75 Å². The van der Waals surface area contributed by atoms with Crippen molar-refractivity contribution in [1.29, 1.82) is 0 Å². The summed E-state index contributed by atoms with van der Waals surface area (Å²) in [7, 11) is 3.89. The van der Waals surface area contributed by atoms with Gasteiger partial charge in [0.25, 0.3) is 11.8 Å². The molecule has 2 aliphatic heterocycles. The van der Waals surface area contributed by atoms with Crippen molar-refractivity contribution in [1.82, 2.24) is 0 Å². The first kappa shape index (κ1) is 36.1. The second kappa shape index (κ2) is 13.1. The number of rotatable bonds is 6. The third-order valence-electron chi connectivity index (χ3n) is 11.0. The van der Waals surface area contributed by atoms with Crippen LogP contribution in [0.25, 0.3) is 0 Å². The van der Waals surface area contributed by atoms with Crippen molar-refractivity contribution in [2.75, 3.05) is 28.8 Å². The Morgan fingerprint density at radius 2 is 1.39 bits per heavy atom. The smallest absolute Gasteiger partial charge is 0.258 e. The highest BCUT2D eigenvalue weighted by molar-refractivity contribution is 9.10. The van der Waals surface area contributed by atoms with Gasteiger partial charge in [-0.1, -0.05) is 27.6 Å². The average Bonchev–Trinajstić information content (AvgIpc) is 3.50. The van der Waals surface area contributed by atoms with Crippen molar-refractivity contribution in [3.05, 3.63) is 118 Å². The Morgan fingerprint density at radius 1 is 0.796 bits per heavy atom. The third kappa shape index (κ3) is 5.40. The molecule has 6 unspecified atom stereocenters. The molecule has 54 heavy (non-hydrogen) atoms. The standard InChI is InChI=1S/C40H31BrCl2FN5O5/c1-47(2)25-12-6-23(7-13-25)45-46-24-8-14-26(15-9-24)48-35(51)29-17-16-28-31(33(29)36(48)52)20-39(42)37(53)49(27-10-4-22(44)5-11-27)38(54)40(39,43)34(28)30-19-21(41)3-18-32(30)50/h3-16,18-19,29,31,33-34,50H,17,20H2,1-2H3. The molecule has 0 bridgehead atoms. The van der Waals surface area contributed by atoms with Gasteiger partial charge in [-0.05, 0) is 110 Å². The van der Waals surface area contributed by atoms with Crippen LogP contribution in [0.4, 0.5) is 32.8 Å². The molecule has 4 amide bonds. The molecule has 14 heteroatoms. The molecule has 10 nitrogen and oxygen atoms in total. The minimum absolute atomic E-state index is 0.0661. The number of aromatic hydroxyl groups is 1. The fourth-order valence-electron chi connectivity index (χ4n) is 8.36. The van der Waals surface area contributed by atoms with Crippen LogP contribution in [-0.4, -0.2) is 52.6 Å².